The number of carbonyl (C=O) groups is 3. The van der Waals surface area contributed by atoms with Crippen LogP contribution in [-0.2, 0) is 20.7 Å². The van der Waals surface area contributed by atoms with Crippen molar-refractivity contribution in [1.29, 1.82) is 0 Å². The molecule has 26 heavy (non-hydrogen) atoms. The number of amides is 2. The van der Waals surface area contributed by atoms with Gasteiger partial charge >= 0.3 is 5.97 Å². The Kier molecular flexibility index (Phi) is 6.49. The van der Waals surface area contributed by atoms with Gasteiger partial charge in [-0.05, 0) is 36.2 Å². The van der Waals surface area contributed by atoms with Crippen LogP contribution in [0, 0.1) is 6.92 Å². The van der Waals surface area contributed by atoms with Gasteiger partial charge in [-0.25, -0.2) is 4.79 Å². The summed E-state index contributed by atoms with van der Waals surface area (Å²) in [6.07, 6.45) is 0.330. The van der Waals surface area contributed by atoms with E-state index in [9.17, 15) is 14.4 Å². The highest BCUT2D eigenvalue weighted by Crippen LogP contribution is 2.13. The van der Waals surface area contributed by atoms with Crippen LogP contribution in [0.1, 0.15) is 28.4 Å². The Bertz CT molecular complexity index is 817. The fourth-order valence-corrected chi connectivity index (χ4v) is 2.58. The van der Waals surface area contributed by atoms with Gasteiger partial charge in [-0.2, -0.15) is 0 Å². The van der Waals surface area contributed by atoms with Crippen molar-refractivity contribution in [3.8, 4) is 0 Å². The van der Waals surface area contributed by atoms with Crippen molar-refractivity contribution in [2.75, 3.05) is 12.4 Å². The summed E-state index contributed by atoms with van der Waals surface area (Å²) in [5.41, 5.74) is 2.84. The van der Waals surface area contributed by atoms with Crippen LogP contribution >= 0.6 is 0 Å². The SMILES string of the molecule is COC(=O)[C@H](Cc1ccccc1C)NC(=O)c1cccc(NC(C)=O)c1. The molecule has 0 radical (unpaired) electrons. The molecule has 0 aromatic heterocycles. The zero-order chi connectivity index (χ0) is 19.1. The van der Waals surface area contributed by atoms with Crippen LogP contribution in [0.25, 0.3) is 0 Å². The lowest BCUT2D eigenvalue weighted by Gasteiger charge is -2.18. The highest BCUT2D eigenvalue weighted by Gasteiger charge is 2.23. The summed E-state index contributed by atoms with van der Waals surface area (Å²) in [6.45, 7) is 3.34. The number of rotatable bonds is 6. The smallest absolute Gasteiger partial charge is 0.328 e. The number of nitrogens with one attached hydrogen (secondary N) is 2. The monoisotopic (exact) mass is 354 g/mol. The zero-order valence-electron chi connectivity index (χ0n) is 15.0. The first-order valence-corrected chi connectivity index (χ1v) is 8.21. The number of anilines is 1. The van der Waals surface area contributed by atoms with Crippen LogP contribution in [0.4, 0.5) is 5.69 Å². The first-order chi connectivity index (χ1) is 12.4. The first kappa shape index (κ1) is 19.2. The van der Waals surface area contributed by atoms with Gasteiger partial charge in [0.25, 0.3) is 5.91 Å². The fourth-order valence-electron chi connectivity index (χ4n) is 2.58. The average molecular weight is 354 g/mol. The number of carbonyl (C=O) groups excluding carboxylic acids is 3. The van der Waals surface area contributed by atoms with E-state index in [0.717, 1.165) is 11.1 Å². The Morgan fingerprint density at radius 3 is 2.46 bits per heavy atom. The van der Waals surface area contributed by atoms with Gasteiger partial charge in [-0.3, -0.25) is 9.59 Å². The quantitative estimate of drug-likeness (QED) is 0.781. The Morgan fingerprint density at radius 2 is 1.81 bits per heavy atom. The number of hydrogen-bond acceptors (Lipinski definition) is 4. The molecule has 1 atom stereocenters. The largest absolute Gasteiger partial charge is 0.467 e. The molecule has 2 rings (SSSR count). The van der Waals surface area contributed by atoms with Gasteiger partial charge in [0.2, 0.25) is 5.91 Å². The van der Waals surface area contributed by atoms with E-state index in [-0.39, 0.29) is 5.91 Å². The van der Waals surface area contributed by atoms with E-state index in [2.05, 4.69) is 10.6 Å². The zero-order valence-corrected chi connectivity index (χ0v) is 15.0. The third kappa shape index (κ3) is 5.17. The van der Waals surface area contributed by atoms with E-state index < -0.39 is 17.9 Å². The van der Waals surface area contributed by atoms with E-state index in [4.69, 9.17) is 4.74 Å². The molecule has 0 aliphatic heterocycles. The molecule has 2 aromatic carbocycles. The summed E-state index contributed by atoms with van der Waals surface area (Å²) in [5, 5.41) is 5.34. The fraction of sp³-hybridized carbons (Fsp3) is 0.250. The number of benzene rings is 2. The van der Waals surface area contributed by atoms with E-state index in [1.165, 1.54) is 14.0 Å². The van der Waals surface area contributed by atoms with Crippen LogP contribution in [0.5, 0.6) is 0 Å². The van der Waals surface area contributed by atoms with Gasteiger partial charge in [0, 0.05) is 24.6 Å². The molecule has 0 spiro atoms. The maximum Gasteiger partial charge on any atom is 0.328 e. The number of methoxy groups -OCH3 is 1. The molecule has 2 N–H and O–H groups in total. The molecule has 0 unspecified atom stereocenters. The van der Waals surface area contributed by atoms with Crippen LogP contribution in [0.15, 0.2) is 48.5 Å². The van der Waals surface area contributed by atoms with Crippen molar-refractivity contribution in [3.05, 3.63) is 65.2 Å². The van der Waals surface area contributed by atoms with Crippen molar-refractivity contribution in [2.24, 2.45) is 0 Å². The Balaban J connectivity index is 2.17. The Morgan fingerprint density at radius 1 is 1.08 bits per heavy atom. The standard InChI is InChI=1S/C20H22N2O4/c1-13-7-4-5-8-15(13)12-18(20(25)26-3)22-19(24)16-9-6-10-17(11-16)21-14(2)23/h4-11,18H,12H2,1-3H3,(H,21,23)(H,22,24)/t18-/m0/s1. The molecule has 0 aliphatic carbocycles. The van der Waals surface area contributed by atoms with Gasteiger partial charge < -0.3 is 15.4 Å². The molecule has 136 valence electrons. The van der Waals surface area contributed by atoms with Crippen LogP contribution in [-0.4, -0.2) is 30.9 Å². The molecular formula is C20H22N2O4. The summed E-state index contributed by atoms with van der Waals surface area (Å²) >= 11 is 0. The van der Waals surface area contributed by atoms with Crippen LogP contribution in [0.2, 0.25) is 0 Å². The predicted molar refractivity (Wildman–Crippen MR) is 98.9 cm³/mol. The second-order valence-electron chi connectivity index (χ2n) is 5.94. The Labute approximate surface area is 152 Å². The van der Waals surface area contributed by atoms with Crippen molar-refractivity contribution in [1.82, 2.24) is 5.32 Å². The van der Waals surface area contributed by atoms with Gasteiger partial charge in [-0.15, -0.1) is 0 Å². The predicted octanol–water partition coefficient (Wildman–Crippen LogP) is 2.47. The minimum atomic E-state index is -0.807. The summed E-state index contributed by atoms with van der Waals surface area (Å²) in [5.74, 6) is -1.16. The van der Waals surface area contributed by atoms with Crippen molar-refractivity contribution < 1.29 is 19.1 Å². The van der Waals surface area contributed by atoms with Crippen molar-refractivity contribution in [3.63, 3.8) is 0 Å². The molecule has 0 aliphatic rings. The van der Waals surface area contributed by atoms with E-state index in [1.807, 2.05) is 31.2 Å². The normalized spacial score (nSPS) is 11.3. The highest BCUT2D eigenvalue weighted by molar-refractivity contribution is 5.98. The van der Waals surface area contributed by atoms with E-state index >= 15 is 0 Å². The second kappa shape index (κ2) is 8.80. The number of aryl methyl sites for hydroxylation is 1. The Hall–Kier alpha value is -3.15. The molecule has 0 saturated carbocycles. The maximum absolute atomic E-state index is 12.6. The van der Waals surface area contributed by atoms with Crippen LogP contribution < -0.4 is 10.6 Å². The third-order valence-electron chi connectivity index (χ3n) is 3.92. The topological polar surface area (TPSA) is 84.5 Å². The lowest BCUT2D eigenvalue weighted by atomic mass is 10.0. The van der Waals surface area contributed by atoms with E-state index in [0.29, 0.717) is 17.7 Å². The molecule has 0 heterocycles. The molecule has 0 saturated heterocycles. The lowest BCUT2D eigenvalue weighted by Crippen LogP contribution is -2.43. The summed E-state index contributed by atoms with van der Waals surface area (Å²) in [6, 6.07) is 13.4. The van der Waals surface area contributed by atoms with Crippen LogP contribution in [0.3, 0.4) is 0 Å². The molecule has 2 aromatic rings. The minimum Gasteiger partial charge on any atom is -0.467 e. The van der Waals surface area contributed by atoms with E-state index in [1.54, 1.807) is 24.3 Å². The lowest BCUT2D eigenvalue weighted by molar-refractivity contribution is -0.142. The van der Waals surface area contributed by atoms with Gasteiger partial charge in [-0.1, -0.05) is 30.3 Å². The number of ether oxygens (including phenoxy) is 1. The summed E-state index contributed by atoms with van der Waals surface area (Å²) < 4.78 is 4.83. The van der Waals surface area contributed by atoms with Gasteiger partial charge in [0.1, 0.15) is 6.04 Å². The number of esters is 1. The second-order valence-corrected chi connectivity index (χ2v) is 5.94. The summed E-state index contributed by atoms with van der Waals surface area (Å²) in [4.78, 5) is 35.8. The molecule has 0 fully saturated rings. The number of hydrogen-bond donors (Lipinski definition) is 2. The molecule has 0 bridgehead atoms. The highest BCUT2D eigenvalue weighted by atomic mass is 16.5. The van der Waals surface area contributed by atoms with Gasteiger partial charge in [0.05, 0.1) is 7.11 Å². The molecule has 6 heteroatoms. The average Bonchev–Trinajstić information content (AvgIpc) is 2.61. The minimum absolute atomic E-state index is 0.227. The van der Waals surface area contributed by atoms with Crippen molar-refractivity contribution >= 4 is 23.5 Å². The molecule has 2 amide bonds. The molecule has 6 nitrogen and oxygen atoms in total. The summed E-state index contributed by atoms with van der Waals surface area (Å²) in [7, 11) is 1.29. The molecular weight excluding hydrogens is 332 g/mol. The third-order valence-corrected chi connectivity index (χ3v) is 3.92. The van der Waals surface area contributed by atoms with Crippen molar-refractivity contribution in [2.45, 2.75) is 26.3 Å². The van der Waals surface area contributed by atoms with Gasteiger partial charge in [0.15, 0.2) is 0 Å². The maximum atomic E-state index is 12.6. The first-order valence-electron chi connectivity index (χ1n) is 8.21.